The molecule has 5 nitrogen and oxygen atoms in total. The minimum absolute atomic E-state index is 0.108. The van der Waals surface area contributed by atoms with Crippen molar-refractivity contribution in [1.82, 2.24) is 5.16 Å². The molecule has 1 N–H and O–H groups in total. The molecule has 20 heavy (non-hydrogen) atoms. The number of methoxy groups -OCH3 is 1. The summed E-state index contributed by atoms with van der Waals surface area (Å²) < 4.78 is 10.6. The van der Waals surface area contributed by atoms with Crippen molar-refractivity contribution in [2.45, 2.75) is 27.7 Å². The fraction of sp³-hybridized carbons (Fsp3) is 0.333. The van der Waals surface area contributed by atoms with E-state index < -0.39 is 5.97 Å². The van der Waals surface area contributed by atoms with Crippen LogP contribution in [0.3, 0.4) is 0 Å². The van der Waals surface area contributed by atoms with Gasteiger partial charge >= 0.3 is 5.97 Å². The van der Waals surface area contributed by atoms with Crippen molar-refractivity contribution < 1.29 is 19.2 Å². The van der Waals surface area contributed by atoms with Gasteiger partial charge in [-0.1, -0.05) is 5.16 Å². The Morgan fingerprint density at radius 1 is 1.25 bits per heavy atom. The number of rotatable bonds is 3. The first kappa shape index (κ1) is 14.1. The Hall–Kier alpha value is -2.30. The third-order valence-corrected chi connectivity index (χ3v) is 3.55. The minimum atomic E-state index is -1.04. The second-order valence-electron chi connectivity index (χ2n) is 4.80. The van der Waals surface area contributed by atoms with E-state index in [-0.39, 0.29) is 5.56 Å². The van der Waals surface area contributed by atoms with E-state index >= 15 is 0 Å². The van der Waals surface area contributed by atoms with Crippen molar-refractivity contribution in [2.75, 3.05) is 7.11 Å². The second-order valence-corrected chi connectivity index (χ2v) is 4.80. The number of aryl methyl sites for hydroxylation is 2. The molecule has 2 aromatic rings. The Labute approximate surface area is 117 Å². The predicted molar refractivity (Wildman–Crippen MR) is 74.4 cm³/mol. The fourth-order valence-electron chi connectivity index (χ4n) is 2.41. The normalized spacial score (nSPS) is 10.7. The summed E-state index contributed by atoms with van der Waals surface area (Å²) in [6, 6.07) is 1.87. The molecule has 0 bridgehead atoms. The number of aromatic nitrogens is 1. The van der Waals surface area contributed by atoms with Gasteiger partial charge in [0.25, 0.3) is 0 Å². The molecular weight excluding hydrogens is 258 g/mol. The molecule has 0 saturated heterocycles. The van der Waals surface area contributed by atoms with E-state index in [1.54, 1.807) is 14.0 Å². The lowest BCUT2D eigenvalue weighted by atomic mass is 9.95. The zero-order valence-electron chi connectivity index (χ0n) is 12.2. The topological polar surface area (TPSA) is 72.6 Å². The lowest BCUT2D eigenvalue weighted by Crippen LogP contribution is -2.01. The van der Waals surface area contributed by atoms with Crippen LogP contribution in [-0.4, -0.2) is 23.3 Å². The van der Waals surface area contributed by atoms with Gasteiger partial charge in [-0.2, -0.15) is 0 Å². The first-order chi connectivity index (χ1) is 9.38. The van der Waals surface area contributed by atoms with Crippen LogP contribution in [0.2, 0.25) is 0 Å². The fourth-order valence-corrected chi connectivity index (χ4v) is 2.41. The Morgan fingerprint density at radius 2 is 1.90 bits per heavy atom. The molecule has 0 radical (unpaired) electrons. The van der Waals surface area contributed by atoms with Crippen LogP contribution in [0, 0.1) is 27.7 Å². The molecule has 0 amide bonds. The second kappa shape index (κ2) is 5.00. The van der Waals surface area contributed by atoms with Gasteiger partial charge in [-0.05, 0) is 50.5 Å². The molecule has 1 heterocycles. The molecule has 1 aromatic carbocycles. The molecule has 0 aliphatic carbocycles. The highest BCUT2D eigenvalue weighted by atomic mass is 16.5. The molecular formula is C15H17NO4. The predicted octanol–water partition coefficient (Wildman–Crippen LogP) is 3.28. The lowest BCUT2D eigenvalue weighted by molar-refractivity contribution is 0.0696. The first-order valence-electron chi connectivity index (χ1n) is 6.23. The summed E-state index contributed by atoms with van der Waals surface area (Å²) in [6.07, 6.45) is 0. The number of ether oxygens (including phenoxy) is 1. The summed E-state index contributed by atoms with van der Waals surface area (Å²) in [4.78, 5) is 11.4. The highest BCUT2D eigenvalue weighted by molar-refractivity contribution is 5.96. The van der Waals surface area contributed by atoms with Gasteiger partial charge in [0.05, 0.1) is 12.8 Å². The van der Waals surface area contributed by atoms with Crippen LogP contribution >= 0.6 is 0 Å². The van der Waals surface area contributed by atoms with Crippen LogP contribution in [0.5, 0.6) is 5.75 Å². The largest absolute Gasteiger partial charge is 0.496 e. The maximum absolute atomic E-state index is 11.4. The molecule has 0 unspecified atom stereocenters. The smallest absolute Gasteiger partial charge is 0.341 e. The Bertz CT molecular complexity index is 686. The molecule has 0 aliphatic heterocycles. The number of hydrogen-bond donors (Lipinski definition) is 1. The van der Waals surface area contributed by atoms with Crippen LogP contribution in [0.4, 0.5) is 0 Å². The highest BCUT2D eigenvalue weighted by Crippen LogP contribution is 2.36. The van der Waals surface area contributed by atoms with Gasteiger partial charge in [0, 0.05) is 5.56 Å². The summed E-state index contributed by atoms with van der Waals surface area (Å²) in [7, 11) is 1.62. The lowest BCUT2D eigenvalue weighted by Gasteiger charge is -2.14. The van der Waals surface area contributed by atoms with E-state index in [1.165, 1.54) is 0 Å². The van der Waals surface area contributed by atoms with Crippen molar-refractivity contribution in [3.05, 3.63) is 34.0 Å². The van der Waals surface area contributed by atoms with Gasteiger partial charge in [-0.15, -0.1) is 0 Å². The summed E-state index contributed by atoms with van der Waals surface area (Å²) >= 11 is 0. The summed E-state index contributed by atoms with van der Waals surface area (Å²) in [5.74, 6) is 0.0602. The molecule has 0 saturated carbocycles. The van der Waals surface area contributed by atoms with Gasteiger partial charge in [0.1, 0.15) is 11.3 Å². The van der Waals surface area contributed by atoms with E-state index in [0.717, 1.165) is 28.0 Å². The molecule has 0 aliphatic rings. The SMILES string of the molecule is COc1c(C)cc(-c2onc(C)c2C(=O)O)c(C)c1C. The van der Waals surface area contributed by atoms with Crippen LogP contribution in [-0.2, 0) is 0 Å². The third-order valence-electron chi connectivity index (χ3n) is 3.55. The van der Waals surface area contributed by atoms with Crippen molar-refractivity contribution >= 4 is 5.97 Å². The van der Waals surface area contributed by atoms with Crippen molar-refractivity contribution in [3.8, 4) is 17.1 Å². The average Bonchev–Trinajstić information content (AvgIpc) is 2.76. The van der Waals surface area contributed by atoms with Crippen LogP contribution < -0.4 is 4.74 Å². The van der Waals surface area contributed by atoms with Gasteiger partial charge in [0.15, 0.2) is 5.76 Å². The van der Waals surface area contributed by atoms with Crippen molar-refractivity contribution in [3.63, 3.8) is 0 Å². The van der Waals surface area contributed by atoms with Gasteiger partial charge in [0.2, 0.25) is 0 Å². The number of carbonyl (C=O) groups is 1. The number of aromatic carboxylic acids is 1. The molecule has 0 atom stereocenters. The van der Waals surface area contributed by atoms with E-state index in [9.17, 15) is 9.90 Å². The quantitative estimate of drug-likeness (QED) is 0.930. The van der Waals surface area contributed by atoms with Gasteiger partial charge in [-0.25, -0.2) is 4.79 Å². The van der Waals surface area contributed by atoms with Gasteiger partial charge in [-0.3, -0.25) is 0 Å². The Kier molecular flexibility index (Phi) is 3.53. The summed E-state index contributed by atoms with van der Waals surface area (Å²) in [6.45, 7) is 7.39. The first-order valence-corrected chi connectivity index (χ1v) is 6.23. The number of nitrogens with zero attached hydrogens (tertiary/aromatic N) is 1. The number of benzene rings is 1. The molecule has 5 heteroatoms. The maximum Gasteiger partial charge on any atom is 0.341 e. The molecule has 1 aromatic heterocycles. The zero-order chi connectivity index (χ0) is 15.0. The van der Waals surface area contributed by atoms with E-state index in [2.05, 4.69) is 5.16 Å². The summed E-state index contributed by atoms with van der Waals surface area (Å²) in [5.41, 5.74) is 4.03. The average molecular weight is 275 g/mol. The maximum atomic E-state index is 11.4. The molecule has 2 rings (SSSR count). The highest BCUT2D eigenvalue weighted by Gasteiger charge is 2.24. The van der Waals surface area contributed by atoms with E-state index in [1.807, 2.05) is 26.8 Å². The Morgan fingerprint density at radius 3 is 2.45 bits per heavy atom. The van der Waals surface area contributed by atoms with Crippen molar-refractivity contribution in [1.29, 1.82) is 0 Å². The number of hydrogen-bond acceptors (Lipinski definition) is 4. The molecule has 0 fully saturated rings. The van der Waals surface area contributed by atoms with E-state index in [0.29, 0.717) is 11.5 Å². The molecule has 106 valence electrons. The monoisotopic (exact) mass is 275 g/mol. The number of carboxylic acid groups (broad SMARTS) is 1. The Balaban J connectivity index is 2.75. The minimum Gasteiger partial charge on any atom is -0.496 e. The van der Waals surface area contributed by atoms with Crippen LogP contribution in [0.1, 0.15) is 32.7 Å². The van der Waals surface area contributed by atoms with Crippen molar-refractivity contribution in [2.24, 2.45) is 0 Å². The van der Waals surface area contributed by atoms with Crippen LogP contribution in [0.15, 0.2) is 10.6 Å². The molecule has 0 spiro atoms. The standard InChI is InChI=1S/C15H17NO4/c1-7-6-11(8(2)9(3)13(7)19-5)14-12(15(17)18)10(4)16-20-14/h6H,1-5H3,(H,17,18). The van der Waals surface area contributed by atoms with Crippen LogP contribution in [0.25, 0.3) is 11.3 Å². The summed E-state index contributed by atoms with van der Waals surface area (Å²) in [5, 5.41) is 13.1. The van der Waals surface area contributed by atoms with Gasteiger partial charge < -0.3 is 14.4 Å². The third kappa shape index (κ3) is 2.05. The van der Waals surface area contributed by atoms with E-state index in [4.69, 9.17) is 9.26 Å². The number of carboxylic acids is 1. The zero-order valence-corrected chi connectivity index (χ0v) is 12.2.